The summed E-state index contributed by atoms with van der Waals surface area (Å²) in [4.78, 5) is 20.3. The largest absolute Gasteiger partial charge is 0.468 e. The average Bonchev–Trinajstić information content (AvgIpc) is 2.28. The van der Waals surface area contributed by atoms with Crippen molar-refractivity contribution >= 4 is 37.2 Å². The molecule has 15 heavy (non-hydrogen) atoms. The normalized spacial score (nSPS) is 8.53. The second-order valence-electron chi connectivity index (χ2n) is 2.47. The van der Waals surface area contributed by atoms with Crippen LogP contribution in [0.2, 0.25) is 0 Å². The molecule has 0 spiro atoms. The van der Waals surface area contributed by atoms with Crippen molar-refractivity contribution in [3.63, 3.8) is 0 Å². The second-order valence-corrected chi connectivity index (χ2v) is 3.10. The third-order valence-corrected chi connectivity index (χ3v) is 1.76. The minimum atomic E-state index is -0.293. The van der Waals surface area contributed by atoms with Gasteiger partial charge in [0.15, 0.2) is 0 Å². The van der Waals surface area contributed by atoms with Gasteiger partial charge in [-0.1, -0.05) is 13.3 Å². The van der Waals surface area contributed by atoms with E-state index in [1.165, 1.54) is 7.11 Å². The van der Waals surface area contributed by atoms with Gasteiger partial charge in [-0.05, 0) is 6.42 Å². The Morgan fingerprint density at radius 2 is 1.67 bits per heavy atom. The average molecular weight is 254 g/mol. The van der Waals surface area contributed by atoms with Crippen LogP contribution in [0.4, 0.5) is 0 Å². The molecule has 0 aliphatic rings. The summed E-state index contributed by atoms with van der Waals surface area (Å²) in [6.45, 7) is 2.59. The van der Waals surface area contributed by atoms with Gasteiger partial charge in [-0.2, -0.15) is 25.3 Å². The van der Waals surface area contributed by atoms with Crippen LogP contribution in [0.1, 0.15) is 19.8 Å². The van der Waals surface area contributed by atoms with E-state index in [0.29, 0.717) is 6.61 Å². The molecule has 0 rings (SSSR count). The number of hydrogen-bond acceptors (Lipinski definition) is 6. The van der Waals surface area contributed by atoms with Crippen LogP contribution in [-0.4, -0.2) is 37.2 Å². The van der Waals surface area contributed by atoms with E-state index in [1.807, 2.05) is 0 Å². The predicted octanol–water partition coefficient (Wildman–Crippen LogP) is 1.35. The Labute approximate surface area is 102 Å². The third kappa shape index (κ3) is 16.3. The minimum absolute atomic E-state index is 0.163. The first-order valence-corrected chi connectivity index (χ1v) is 5.83. The van der Waals surface area contributed by atoms with Crippen molar-refractivity contribution in [3.05, 3.63) is 0 Å². The highest BCUT2D eigenvalue weighted by Gasteiger charge is 1.95. The second kappa shape index (κ2) is 13.6. The van der Waals surface area contributed by atoms with Gasteiger partial charge in [-0.3, -0.25) is 9.59 Å². The molecule has 0 aliphatic heterocycles. The highest BCUT2D eigenvalue weighted by atomic mass is 32.1. The van der Waals surface area contributed by atoms with E-state index in [0.717, 1.165) is 12.8 Å². The summed E-state index contributed by atoms with van der Waals surface area (Å²) in [5, 5.41) is 0. The number of carbonyl (C=O) groups is 2. The van der Waals surface area contributed by atoms with Crippen LogP contribution in [-0.2, 0) is 19.1 Å². The van der Waals surface area contributed by atoms with Gasteiger partial charge in [0.2, 0.25) is 0 Å². The Kier molecular flexibility index (Phi) is 15.5. The number of ether oxygens (including phenoxy) is 2. The molecular weight excluding hydrogens is 236 g/mol. The molecule has 0 aromatic heterocycles. The van der Waals surface area contributed by atoms with E-state index in [1.54, 1.807) is 0 Å². The molecule has 0 saturated carbocycles. The van der Waals surface area contributed by atoms with Crippen LogP contribution in [0.15, 0.2) is 0 Å². The van der Waals surface area contributed by atoms with E-state index in [4.69, 9.17) is 4.74 Å². The summed E-state index contributed by atoms with van der Waals surface area (Å²) in [7, 11) is 1.33. The molecule has 0 fully saturated rings. The first kappa shape index (κ1) is 17.0. The van der Waals surface area contributed by atoms with Crippen molar-refractivity contribution in [1.29, 1.82) is 0 Å². The van der Waals surface area contributed by atoms with Crippen LogP contribution in [0.25, 0.3) is 0 Å². The summed E-state index contributed by atoms with van der Waals surface area (Å²) in [5.41, 5.74) is 0. The maximum absolute atomic E-state index is 10.4. The zero-order valence-corrected chi connectivity index (χ0v) is 10.9. The monoisotopic (exact) mass is 254 g/mol. The van der Waals surface area contributed by atoms with Gasteiger partial charge in [0.25, 0.3) is 0 Å². The molecule has 0 heterocycles. The van der Waals surface area contributed by atoms with E-state index in [-0.39, 0.29) is 23.4 Å². The molecule has 0 saturated heterocycles. The zero-order valence-electron chi connectivity index (χ0n) is 9.06. The molecule has 0 aromatic carbocycles. The molecule has 0 bridgehead atoms. The highest BCUT2D eigenvalue weighted by Crippen LogP contribution is 1.89. The molecule has 6 heteroatoms. The lowest BCUT2D eigenvalue weighted by Gasteiger charge is -1.98. The van der Waals surface area contributed by atoms with E-state index in [9.17, 15) is 9.59 Å². The third-order valence-electron chi connectivity index (χ3n) is 1.25. The number of methoxy groups -OCH3 is 1. The van der Waals surface area contributed by atoms with Crippen molar-refractivity contribution in [3.8, 4) is 0 Å². The highest BCUT2D eigenvalue weighted by molar-refractivity contribution is 7.81. The maximum Gasteiger partial charge on any atom is 0.315 e. The lowest BCUT2D eigenvalue weighted by atomic mass is 10.4. The van der Waals surface area contributed by atoms with E-state index < -0.39 is 0 Å². The van der Waals surface area contributed by atoms with Crippen LogP contribution >= 0.6 is 25.3 Å². The lowest BCUT2D eigenvalue weighted by Crippen LogP contribution is -2.06. The molecule has 0 aliphatic carbocycles. The number of carbonyl (C=O) groups excluding carboxylic acids is 2. The van der Waals surface area contributed by atoms with Gasteiger partial charge in [-0.15, -0.1) is 0 Å². The zero-order chi connectivity index (χ0) is 12.1. The Bertz CT molecular complexity index is 167. The van der Waals surface area contributed by atoms with Crippen LogP contribution < -0.4 is 0 Å². The fourth-order valence-corrected chi connectivity index (χ4v) is 0.661. The van der Waals surface area contributed by atoms with Crippen molar-refractivity contribution in [1.82, 2.24) is 0 Å². The Hall–Kier alpha value is -0.360. The molecule has 0 N–H and O–H groups in total. The van der Waals surface area contributed by atoms with Gasteiger partial charge in [0.1, 0.15) is 0 Å². The lowest BCUT2D eigenvalue weighted by molar-refractivity contribution is -0.140. The fraction of sp³-hybridized carbons (Fsp3) is 0.778. The summed E-state index contributed by atoms with van der Waals surface area (Å²) >= 11 is 7.36. The molecule has 0 atom stereocenters. The number of esters is 2. The van der Waals surface area contributed by atoms with Crippen LogP contribution in [0.5, 0.6) is 0 Å². The Morgan fingerprint density at radius 1 is 1.13 bits per heavy atom. The predicted molar refractivity (Wildman–Crippen MR) is 65.6 cm³/mol. The van der Waals surface area contributed by atoms with Crippen LogP contribution in [0, 0.1) is 0 Å². The van der Waals surface area contributed by atoms with Gasteiger partial charge < -0.3 is 9.47 Å². The van der Waals surface area contributed by atoms with Crippen molar-refractivity contribution in [2.45, 2.75) is 19.8 Å². The standard InChI is InChI=1S/C6H12O2S.C3H6O2S/c1-2-3-4-8-6(7)5-9;1-5-3(4)2-6/h9H,2-5H2,1H3;6H,2H2,1H3. The van der Waals surface area contributed by atoms with Crippen LogP contribution in [0.3, 0.4) is 0 Å². The SMILES string of the molecule is CCCCOC(=O)CS.COC(=O)CS. The summed E-state index contributed by atoms with van der Waals surface area (Å²) in [6.07, 6.45) is 2.00. The Balaban J connectivity index is 0. The van der Waals surface area contributed by atoms with Gasteiger partial charge in [-0.25, -0.2) is 0 Å². The number of rotatable bonds is 5. The van der Waals surface area contributed by atoms with E-state index in [2.05, 4.69) is 36.9 Å². The molecule has 90 valence electrons. The molecule has 4 nitrogen and oxygen atoms in total. The first-order chi connectivity index (χ1) is 7.12. The number of thiol groups is 2. The number of hydrogen-bond donors (Lipinski definition) is 2. The van der Waals surface area contributed by atoms with Crippen molar-refractivity contribution in [2.75, 3.05) is 25.2 Å². The first-order valence-electron chi connectivity index (χ1n) is 4.56. The van der Waals surface area contributed by atoms with E-state index >= 15 is 0 Å². The molecule has 0 aromatic rings. The molecule has 0 radical (unpaired) electrons. The maximum atomic E-state index is 10.4. The Morgan fingerprint density at radius 3 is 1.93 bits per heavy atom. The van der Waals surface area contributed by atoms with Crippen molar-refractivity contribution in [2.24, 2.45) is 0 Å². The molecule has 0 unspecified atom stereocenters. The van der Waals surface area contributed by atoms with Gasteiger partial charge in [0.05, 0.1) is 25.2 Å². The van der Waals surface area contributed by atoms with Gasteiger partial charge >= 0.3 is 11.9 Å². The fourth-order valence-electron chi connectivity index (χ4n) is 0.441. The summed E-state index contributed by atoms with van der Waals surface area (Å²) in [5.74, 6) is -0.176. The smallest absolute Gasteiger partial charge is 0.315 e. The summed E-state index contributed by atoms with van der Waals surface area (Å²) in [6, 6.07) is 0. The number of unbranched alkanes of at least 4 members (excludes halogenated alkanes) is 1. The molecular formula is C9H18O4S2. The minimum Gasteiger partial charge on any atom is -0.468 e. The quantitative estimate of drug-likeness (QED) is 0.442. The van der Waals surface area contributed by atoms with Crippen molar-refractivity contribution < 1.29 is 19.1 Å². The topological polar surface area (TPSA) is 52.6 Å². The van der Waals surface area contributed by atoms with Gasteiger partial charge in [0, 0.05) is 0 Å². The molecule has 0 amide bonds. The summed E-state index contributed by atoms with van der Waals surface area (Å²) < 4.78 is 8.90.